The lowest BCUT2D eigenvalue weighted by molar-refractivity contribution is -0.119. The molecule has 4 nitrogen and oxygen atoms in total. The summed E-state index contributed by atoms with van der Waals surface area (Å²) < 4.78 is 4.82. The van der Waals surface area contributed by atoms with E-state index >= 15 is 0 Å². The van der Waals surface area contributed by atoms with Crippen LogP contribution in [0.1, 0.15) is 38.5 Å². The average molecular weight is 290 g/mol. The van der Waals surface area contributed by atoms with E-state index in [0.717, 1.165) is 23.8 Å². The molecule has 0 spiro atoms. The van der Waals surface area contributed by atoms with Crippen molar-refractivity contribution in [3.8, 4) is 0 Å². The van der Waals surface area contributed by atoms with E-state index in [1.807, 2.05) is 24.3 Å². The monoisotopic (exact) mass is 290 g/mol. The van der Waals surface area contributed by atoms with Gasteiger partial charge in [0.2, 0.25) is 5.91 Å². The van der Waals surface area contributed by atoms with Crippen molar-refractivity contribution in [2.45, 2.75) is 38.5 Å². The smallest absolute Gasteiger partial charge is 0.250 e. The van der Waals surface area contributed by atoms with Crippen LogP contribution in [0.3, 0.4) is 0 Å². The summed E-state index contributed by atoms with van der Waals surface area (Å²) in [5, 5.41) is 6.33. The maximum Gasteiger partial charge on any atom is 0.250 e. The third-order valence-corrected chi connectivity index (χ3v) is 3.99. The van der Waals surface area contributed by atoms with Crippen LogP contribution in [0.25, 0.3) is 0 Å². The van der Waals surface area contributed by atoms with E-state index in [2.05, 4.69) is 10.6 Å². The van der Waals surface area contributed by atoms with Gasteiger partial charge in [-0.25, -0.2) is 0 Å². The minimum Gasteiger partial charge on any atom is -0.385 e. The van der Waals surface area contributed by atoms with Crippen LogP contribution in [0.2, 0.25) is 0 Å². The van der Waals surface area contributed by atoms with Crippen LogP contribution in [0.4, 0.5) is 11.4 Å². The molecule has 1 amide bonds. The van der Waals surface area contributed by atoms with Crippen molar-refractivity contribution in [3.63, 3.8) is 0 Å². The number of benzene rings is 1. The standard InChI is InChI=1S/C17H26N2O2/c1-21-13-17(20)19-16-10-6-9-15(11-16)18-12-14-7-4-2-3-5-8-14/h6,9-11,14,18H,2-5,7-8,12-13H2,1H3,(H,19,20). The Morgan fingerprint density at radius 1 is 1.19 bits per heavy atom. The zero-order valence-corrected chi connectivity index (χ0v) is 12.9. The van der Waals surface area contributed by atoms with Crippen molar-refractivity contribution in [1.29, 1.82) is 0 Å². The molecule has 1 fully saturated rings. The Morgan fingerprint density at radius 3 is 2.62 bits per heavy atom. The van der Waals surface area contributed by atoms with Gasteiger partial charge in [-0.2, -0.15) is 0 Å². The number of ether oxygens (including phenoxy) is 1. The Morgan fingerprint density at radius 2 is 1.90 bits per heavy atom. The maximum atomic E-state index is 11.5. The molecule has 0 aromatic heterocycles. The van der Waals surface area contributed by atoms with Gasteiger partial charge in [0, 0.05) is 25.0 Å². The molecule has 1 aromatic carbocycles. The van der Waals surface area contributed by atoms with E-state index in [0.29, 0.717) is 0 Å². The number of hydrogen-bond donors (Lipinski definition) is 2. The predicted octanol–water partition coefficient (Wildman–Crippen LogP) is 3.65. The Hall–Kier alpha value is -1.55. The van der Waals surface area contributed by atoms with Gasteiger partial charge in [-0.3, -0.25) is 4.79 Å². The Bertz CT molecular complexity index is 440. The first-order valence-corrected chi connectivity index (χ1v) is 7.90. The van der Waals surface area contributed by atoms with Gasteiger partial charge < -0.3 is 15.4 Å². The van der Waals surface area contributed by atoms with E-state index in [1.54, 1.807) is 0 Å². The summed E-state index contributed by atoms with van der Waals surface area (Å²) in [4.78, 5) is 11.5. The van der Waals surface area contributed by atoms with Crippen LogP contribution in [0, 0.1) is 5.92 Å². The van der Waals surface area contributed by atoms with Crippen molar-refractivity contribution < 1.29 is 9.53 Å². The van der Waals surface area contributed by atoms with Crippen LogP contribution in [-0.4, -0.2) is 26.2 Å². The van der Waals surface area contributed by atoms with Crippen LogP contribution in [-0.2, 0) is 9.53 Å². The minimum absolute atomic E-state index is 0.0831. The number of carbonyl (C=O) groups is 1. The highest BCUT2D eigenvalue weighted by Gasteiger charge is 2.11. The summed E-state index contributed by atoms with van der Waals surface area (Å²) in [6.45, 7) is 1.11. The fraction of sp³-hybridized carbons (Fsp3) is 0.588. The van der Waals surface area contributed by atoms with Gasteiger partial charge in [0.1, 0.15) is 6.61 Å². The third-order valence-electron chi connectivity index (χ3n) is 3.99. The molecule has 0 unspecified atom stereocenters. The Kier molecular flexibility index (Phi) is 6.54. The highest BCUT2D eigenvalue weighted by Crippen LogP contribution is 2.23. The van der Waals surface area contributed by atoms with Crippen LogP contribution >= 0.6 is 0 Å². The van der Waals surface area contributed by atoms with Crippen molar-refractivity contribution in [2.75, 3.05) is 30.9 Å². The lowest BCUT2D eigenvalue weighted by Crippen LogP contribution is -2.17. The molecule has 0 aliphatic heterocycles. The second-order valence-electron chi connectivity index (χ2n) is 5.80. The van der Waals surface area contributed by atoms with Gasteiger partial charge in [-0.15, -0.1) is 0 Å². The van der Waals surface area contributed by atoms with Crippen LogP contribution < -0.4 is 10.6 Å². The van der Waals surface area contributed by atoms with Crippen molar-refractivity contribution in [1.82, 2.24) is 0 Å². The highest BCUT2D eigenvalue weighted by molar-refractivity contribution is 5.92. The Balaban J connectivity index is 1.84. The summed E-state index contributed by atoms with van der Waals surface area (Å²) >= 11 is 0. The molecule has 0 radical (unpaired) electrons. The molecule has 0 saturated heterocycles. The molecule has 1 aliphatic rings. The normalized spacial score (nSPS) is 16.2. The highest BCUT2D eigenvalue weighted by atomic mass is 16.5. The van der Waals surface area contributed by atoms with Crippen LogP contribution in [0.15, 0.2) is 24.3 Å². The molecule has 21 heavy (non-hydrogen) atoms. The number of nitrogens with one attached hydrogen (secondary N) is 2. The van der Waals surface area contributed by atoms with Gasteiger partial charge >= 0.3 is 0 Å². The summed E-state index contributed by atoms with van der Waals surface area (Å²) in [7, 11) is 1.52. The third kappa shape index (κ3) is 5.76. The first-order valence-electron chi connectivity index (χ1n) is 7.90. The minimum atomic E-state index is -0.126. The van der Waals surface area contributed by atoms with Crippen LogP contribution in [0.5, 0.6) is 0 Å². The zero-order chi connectivity index (χ0) is 14.9. The summed E-state index contributed by atoms with van der Waals surface area (Å²) in [6.07, 6.45) is 8.16. The lowest BCUT2D eigenvalue weighted by Gasteiger charge is -2.16. The number of carbonyl (C=O) groups excluding carboxylic acids is 1. The molecule has 2 N–H and O–H groups in total. The molecule has 0 bridgehead atoms. The number of methoxy groups -OCH3 is 1. The number of rotatable bonds is 6. The van der Waals surface area contributed by atoms with Gasteiger partial charge in [0.25, 0.3) is 0 Å². The average Bonchev–Trinajstić information content (AvgIpc) is 2.74. The quantitative estimate of drug-likeness (QED) is 0.786. The second-order valence-corrected chi connectivity index (χ2v) is 5.80. The molecule has 1 saturated carbocycles. The molecule has 4 heteroatoms. The van der Waals surface area contributed by atoms with Crippen molar-refractivity contribution in [2.24, 2.45) is 5.92 Å². The molecule has 0 atom stereocenters. The summed E-state index contributed by atoms with van der Waals surface area (Å²) in [5.74, 6) is 0.651. The van der Waals surface area contributed by atoms with Gasteiger partial charge in [-0.1, -0.05) is 31.7 Å². The SMILES string of the molecule is COCC(=O)Nc1cccc(NCC2CCCCCC2)c1. The number of anilines is 2. The summed E-state index contributed by atoms with van der Waals surface area (Å²) in [6, 6.07) is 7.87. The van der Waals surface area contributed by atoms with E-state index in [4.69, 9.17) is 4.74 Å². The summed E-state index contributed by atoms with van der Waals surface area (Å²) in [5.41, 5.74) is 1.87. The molecular formula is C17H26N2O2. The first-order chi connectivity index (χ1) is 10.3. The zero-order valence-electron chi connectivity index (χ0n) is 12.9. The molecule has 2 rings (SSSR count). The lowest BCUT2D eigenvalue weighted by atomic mass is 10.0. The van der Waals surface area contributed by atoms with Gasteiger partial charge in [0.15, 0.2) is 0 Å². The largest absolute Gasteiger partial charge is 0.385 e. The molecule has 1 aliphatic carbocycles. The van der Waals surface area contributed by atoms with Gasteiger partial charge in [-0.05, 0) is 37.0 Å². The van der Waals surface area contributed by atoms with Crippen molar-refractivity contribution in [3.05, 3.63) is 24.3 Å². The van der Waals surface area contributed by atoms with E-state index in [1.165, 1.54) is 45.6 Å². The second kappa shape index (κ2) is 8.67. The van der Waals surface area contributed by atoms with E-state index in [-0.39, 0.29) is 12.5 Å². The van der Waals surface area contributed by atoms with Crippen molar-refractivity contribution >= 4 is 17.3 Å². The fourth-order valence-corrected chi connectivity index (χ4v) is 2.87. The molecule has 1 aromatic rings. The number of amides is 1. The molecule has 116 valence electrons. The van der Waals surface area contributed by atoms with E-state index < -0.39 is 0 Å². The molecular weight excluding hydrogens is 264 g/mol. The van der Waals surface area contributed by atoms with E-state index in [9.17, 15) is 4.79 Å². The van der Waals surface area contributed by atoms with Gasteiger partial charge in [0.05, 0.1) is 0 Å². The maximum absolute atomic E-state index is 11.5. The first kappa shape index (κ1) is 15.8. The topological polar surface area (TPSA) is 50.4 Å². The fourth-order valence-electron chi connectivity index (χ4n) is 2.87. The number of hydrogen-bond acceptors (Lipinski definition) is 3. The Labute approximate surface area is 127 Å². The predicted molar refractivity (Wildman–Crippen MR) is 86.6 cm³/mol. The molecule has 0 heterocycles.